The van der Waals surface area contributed by atoms with Gasteiger partial charge < -0.3 is 5.32 Å². The summed E-state index contributed by atoms with van der Waals surface area (Å²) in [7, 11) is -2.15. The second-order valence-corrected chi connectivity index (χ2v) is 8.49. The summed E-state index contributed by atoms with van der Waals surface area (Å²) in [6, 6.07) is 12.9. The lowest BCUT2D eigenvalue weighted by molar-refractivity contribution is -0.139. The van der Waals surface area contributed by atoms with E-state index in [1.165, 1.54) is 24.1 Å². The predicted octanol–water partition coefficient (Wildman–Crippen LogP) is 1.17. The Morgan fingerprint density at radius 3 is 2.03 bits per heavy atom. The molecule has 0 unspecified atom stereocenters. The molecule has 9 heteroatoms. The minimum absolute atomic E-state index is 0.153. The van der Waals surface area contributed by atoms with Gasteiger partial charge in [-0.1, -0.05) is 24.3 Å². The van der Waals surface area contributed by atoms with Crippen LogP contribution in [-0.2, 0) is 32.7 Å². The Hall–Kier alpha value is -3.04. The average molecular weight is 415 g/mol. The largest absolute Gasteiger partial charge is 0.348 e. The summed E-state index contributed by atoms with van der Waals surface area (Å²) < 4.78 is 25.7. The predicted molar refractivity (Wildman–Crippen MR) is 105 cm³/mol. The van der Waals surface area contributed by atoms with E-state index in [4.69, 9.17) is 0 Å². The number of carbonyl (C=O) groups excluding carboxylic acids is 3. The first-order chi connectivity index (χ1) is 13.8. The fourth-order valence-corrected chi connectivity index (χ4v) is 3.66. The van der Waals surface area contributed by atoms with E-state index in [-0.39, 0.29) is 48.5 Å². The fourth-order valence-electron chi connectivity index (χ4n) is 2.93. The monoisotopic (exact) mass is 415 g/mol. The molecule has 152 valence electrons. The first kappa shape index (κ1) is 20.7. The van der Waals surface area contributed by atoms with E-state index in [1.54, 1.807) is 36.4 Å². The molecule has 1 saturated heterocycles. The van der Waals surface area contributed by atoms with E-state index >= 15 is 0 Å². The SMILES string of the molecule is CNS(=O)(=O)c1ccc(CNC(=O)c2ccc(CN3C(=O)CCC3=O)cc2)cc1. The van der Waals surface area contributed by atoms with Gasteiger partial charge in [0.25, 0.3) is 5.91 Å². The van der Waals surface area contributed by atoms with Gasteiger partial charge >= 0.3 is 0 Å². The van der Waals surface area contributed by atoms with Crippen molar-refractivity contribution < 1.29 is 22.8 Å². The molecule has 1 fully saturated rings. The molecule has 2 N–H and O–H groups in total. The molecule has 0 aromatic heterocycles. The zero-order valence-electron chi connectivity index (χ0n) is 15.8. The van der Waals surface area contributed by atoms with Crippen molar-refractivity contribution in [3.8, 4) is 0 Å². The molecule has 2 aromatic rings. The Kier molecular flexibility index (Phi) is 6.09. The Morgan fingerprint density at radius 2 is 1.48 bits per heavy atom. The van der Waals surface area contributed by atoms with Crippen molar-refractivity contribution in [1.29, 1.82) is 0 Å². The number of hydrogen-bond acceptors (Lipinski definition) is 5. The first-order valence-electron chi connectivity index (χ1n) is 9.03. The van der Waals surface area contributed by atoms with Crippen LogP contribution in [0, 0.1) is 0 Å². The summed E-state index contributed by atoms with van der Waals surface area (Å²) >= 11 is 0. The summed E-state index contributed by atoms with van der Waals surface area (Å²) in [4.78, 5) is 37.1. The Morgan fingerprint density at radius 1 is 0.931 bits per heavy atom. The molecule has 0 saturated carbocycles. The maximum atomic E-state index is 12.3. The van der Waals surface area contributed by atoms with Crippen LogP contribution < -0.4 is 10.0 Å². The van der Waals surface area contributed by atoms with Gasteiger partial charge in [0.1, 0.15) is 0 Å². The third-order valence-corrected chi connectivity index (χ3v) is 6.10. The van der Waals surface area contributed by atoms with E-state index in [1.807, 2.05) is 0 Å². The summed E-state index contributed by atoms with van der Waals surface area (Å²) in [5.41, 5.74) is 1.98. The van der Waals surface area contributed by atoms with Gasteiger partial charge in [0.15, 0.2) is 0 Å². The standard InChI is InChI=1S/C20H21N3O5S/c1-21-29(27,28)17-8-4-14(5-9-17)12-22-20(26)16-6-2-15(3-7-16)13-23-18(24)10-11-19(23)25/h2-9,21H,10-13H2,1H3,(H,22,26). The molecule has 29 heavy (non-hydrogen) atoms. The van der Waals surface area contributed by atoms with Crippen molar-refractivity contribution in [2.24, 2.45) is 0 Å². The number of nitrogens with one attached hydrogen (secondary N) is 2. The number of likely N-dealkylation sites (tertiary alicyclic amines) is 1. The normalized spacial score (nSPS) is 14.3. The van der Waals surface area contributed by atoms with Crippen LogP contribution in [0.4, 0.5) is 0 Å². The van der Waals surface area contributed by atoms with Gasteiger partial charge in [0.05, 0.1) is 11.4 Å². The fraction of sp³-hybridized carbons (Fsp3) is 0.250. The molecule has 0 atom stereocenters. The van der Waals surface area contributed by atoms with Gasteiger partial charge in [-0.2, -0.15) is 0 Å². The lowest BCUT2D eigenvalue weighted by atomic mass is 10.1. The molecule has 1 aliphatic heterocycles. The van der Waals surface area contributed by atoms with Crippen LogP contribution in [-0.4, -0.2) is 38.1 Å². The number of sulfonamides is 1. The Balaban J connectivity index is 1.57. The Labute approximate surface area is 169 Å². The molecular weight excluding hydrogens is 394 g/mol. The third-order valence-electron chi connectivity index (χ3n) is 4.67. The highest BCUT2D eigenvalue weighted by Gasteiger charge is 2.28. The van der Waals surface area contributed by atoms with Crippen LogP contribution in [0.1, 0.15) is 34.3 Å². The number of rotatable bonds is 7. The lowest BCUT2D eigenvalue weighted by Crippen LogP contribution is -2.28. The highest BCUT2D eigenvalue weighted by molar-refractivity contribution is 7.89. The summed E-state index contributed by atoms with van der Waals surface area (Å²) in [5, 5.41) is 2.77. The van der Waals surface area contributed by atoms with E-state index in [0.717, 1.165) is 11.1 Å². The lowest BCUT2D eigenvalue weighted by Gasteiger charge is -2.14. The van der Waals surface area contributed by atoms with Gasteiger partial charge in [-0.15, -0.1) is 0 Å². The molecule has 3 rings (SSSR count). The number of imide groups is 1. The zero-order chi connectivity index (χ0) is 21.0. The minimum Gasteiger partial charge on any atom is -0.348 e. The van der Waals surface area contributed by atoms with E-state index in [9.17, 15) is 22.8 Å². The van der Waals surface area contributed by atoms with Crippen molar-refractivity contribution in [1.82, 2.24) is 14.9 Å². The number of carbonyl (C=O) groups is 3. The van der Waals surface area contributed by atoms with Crippen LogP contribution in [0.15, 0.2) is 53.4 Å². The molecule has 1 heterocycles. The first-order valence-corrected chi connectivity index (χ1v) is 10.5. The quantitative estimate of drug-likeness (QED) is 0.660. The molecule has 0 spiro atoms. The Bertz CT molecular complexity index is 1010. The van der Waals surface area contributed by atoms with Gasteiger partial charge in [-0.05, 0) is 42.4 Å². The second-order valence-electron chi connectivity index (χ2n) is 6.60. The van der Waals surface area contributed by atoms with Crippen molar-refractivity contribution >= 4 is 27.7 Å². The van der Waals surface area contributed by atoms with Crippen molar-refractivity contribution in [2.75, 3.05) is 7.05 Å². The molecular formula is C20H21N3O5S. The van der Waals surface area contributed by atoms with Gasteiger partial charge in [0.2, 0.25) is 21.8 Å². The number of benzene rings is 2. The average Bonchev–Trinajstić information content (AvgIpc) is 3.05. The molecule has 0 aliphatic carbocycles. The van der Waals surface area contributed by atoms with Crippen molar-refractivity contribution in [3.05, 3.63) is 65.2 Å². The van der Waals surface area contributed by atoms with Crippen LogP contribution >= 0.6 is 0 Å². The molecule has 0 bridgehead atoms. The molecule has 0 radical (unpaired) electrons. The molecule has 3 amide bonds. The number of nitrogens with zero attached hydrogens (tertiary/aromatic N) is 1. The number of hydrogen-bond donors (Lipinski definition) is 2. The smallest absolute Gasteiger partial charge is 0.251 e. The van der Waals surface area contributed by atoms with E-state index < -0.39 is 10.0 Å². The van der Waals surface area contributed by atoms with Gasteiger partial charge in [-0.25, -0.2) is 13.1 Å². The molecule has 2 aromatic carbocycles. The third kappa shape index (κ3) is 4.87. The van der Waals surface area contributed by atoms with Crippen molar-refractivity contribution in [3.63, 3.8) is 0 Å². The van der Waals surface area contributed by atoms with Gasteiger partial charge in [-0.3, -0.25) is 19.3 Å². The maximum Gasteiger partial charge on any atom is 0.251 e. The van der Waals surface area contributed by atoms with Crippen LogP contribution in [0.5, 0.6) is 0 Å². The van der Waals surface area contributed by atoms with E-state index in [0.29, 0.717) is 5.56 Å². The molecule has 1 aliphatic rings. The number of amides is 3. The van der Waals surface area contributed by atoms with Gasteiger partial charge in [0, 0.05) is 24.9 Å². The van der Waals surface area contributed by atoms with Crippen LogP contribution in [0.25, 0.3) is 0 Å². The summed E-state index contributed by atoms with van der Waals surface area (Å²) in [5.74, 6) is -0.632. The summed E-state index contributed by atoms with van der Waals surface area (Å²) in [6.45, 7) is 0.457. The zero-order valence-corrected chi connectivity index (χ0v) is 16.7. The highest BCUT2D eigenvalue weighted by atomic mass is 32.2. The van der Waals surface area contributed by atoms with Crippen LogP contribution in [0.2, 0.25) is 0 Å². The topological polar surface area (TPSA) is 113 Å². The highest BCUT2D eigenvalue weighted by Crippen LogP contribution is 2.16. The second kappa shape index (κ2) is 8.54. The van der Waals surface area contributed by atoms with Crippen molar-refractivity contribution in [2.45, 2.75) is 30.8 Å². The molecule has 8 nitrogen and oxygen atoms in total. The maximum absolute atomic E-state index is 12.3. The minimum atomic E-state index is -3.49. The van der Waals surface area contributed by atoms with E-state index in [2.05, 4.69) is 10.0 Å². The van der Waals surface area contributed by atoms with Crippen LogP contribution in [0.3, 0.4) is 0 Å². The summed E-state index contributed by atoms with van der Waals surface area (Å²) in [6.07, 6.45) is 0.502.